The third kappa shape index (κ3) is 3.17. The molecule has 2 atom stereocenters. The van der Waals surface area contributed by atoms with Crippen LogP contribution >= 0.6 is 0 Å². The van der Waals surface area contributed by atoms with Crippen LogP contribution in [0.15, 0.2) is 0 Å². The first-order valence-corrected chi connectivity index (χ1v) is 7.04. The SMILES string of the molecule is CC(NC(=O)C1CCS(=O)(=O)C1)(C(=O)O)C(F)(F)F. The van der Waals surface area contributed by atoms with Crippen molar-refractivity contribution in [2.75, 3.05) is 11.5 Å². The smallest absolute Gasteiger partial charge is 0.422 e. The molecule has 0 aromatic carbocycles. The minimum absolute atomic E-state index is 0.109. The van der Waals surface area contributed by atoms with E-state index in [0.717, 1.165) is 0 Å². The quantitative estimate of drug-likeness (QED) is 0.761. The van der Waals surface area contributed by atoms with Gasteiger partial charge in [0.05, 0.1) is 17.4 Å². The molecule has 0 radical (unpaired) electrons. The lowest BCUT2D eigenvalue weighted by Gasteiger charge is -2.29. The number of sulfone groups is 1. The number of carboxylic acids is 1. The van der Waals surface area contributed by atoms with Crippen molar-refractivity contribution in [2.45, 2.75) is 25.1 Å². The fourth-order valence-electron chi connectivity index (χ4n) is 1.60. The summed E-state index contributed by atoms with van der Waals surface area (Å²) in [5.41, 5.74) is -3.43. The molecule has 110 valence electrons. The summed E-state index contributed by atoms with van der Waals surface area (Å²) in [6.45, 7) is 0.316. The van der Waals surface area contributed by atoms with Gasteiger partial charge in [0.1, 0.15) is 0 Å². The Morgan fingerprint density at radius 2 is 1.84 bits per heavy atom. The molecular formula is C9H12F3NO5S. The van der Waals surface area contributed by atoms with Gasteiger partial charge in [-0.3, -0.25) is 4.79 Å². The van der Waals surface area contributed by atoms with Gasteiger partial charge in [0.25, 0.3) is 0 Å². The Bertz CT molecular complexity index is 500. The number of carboxylic acid groups (broad SMARTS) is 1. The minimum atomic E-state index is -5.19. The highest BCUT2D eigenvalue weighted by molar-refractivity contribution is 7.91. The molecule has 0 aliphatic carbocycles. The van der Waals surface area contributed by atoms with Crippen LogP contribution in [0.2, 0.25) is 0 Å². The van der Waals surface area contributed by atoms with Crippen LogP contribution in [-0.4, -0.2) is 48.6 Å². The normalized spacial score (nSPS) is 25.6. The van der Waals surface area contributed by atoms with E-state index in [-0.39, 0.29) is 12.2 Å². The number of alkyl halides is 3. The Morgan fingerprint density at radius 3 is 2.16 bits per heavy atom. The van der Waals surface area contributed by atoms with Crippen LogP contribution in [0.1, 0.15) is 13.3 Å². The molecule has 1 rings (SSSR count). The van der Waals surface area contributed by atoms with Crippen LogP contribution in [0.4, 0.5) is 13.2 Å². The van der Waals surface area contributed by atoms with Gasteiger partial charge in [0.15, 0.2) is 9.84 Å². The zero-order valence-corrected chi connectivity index (χ0v) is 10.6. The highest BCUT2D eigenvalue weighted by atomic mass is 32.2. The molecule has 0 aromatic rings. The highest BCUT2D eigenvalue weighted by Gasteiger charge is 2.59. The number of halogens is 3. The van der Waals surface area contributed by atoms with E-state index in [0.29, 0.717) is 6.92 Å². The van der Waals surface area contributed by atoms with Gasteiger partial charge in [-0.15, -0.1) is 0 Å². The van der Waals surface area contributed by atoms with E-state index in [2.05, 4.69) is 0 Å². The van der Waals surface area contributed by atoms with Gasteiger partial charge in [-0.25, -0.2) is 13.2 Å². The fraction of sp³-hybridized carbons (Fsp3) is 0.778. The van der Waals surface area contributed by atoms with Gasteiger partial charge in [0.2, 0.25) is 11.4 Å². The van der Waals surface area contributed by atoms with Crippen molar-refractivity contribution in [3.05, 3.63) is 0 Å². The Hall–Kier alpha value is -1.32. The maximum Gasteiger partial charge on any atom is 0.422 e. The zero-order valence-electron chi connectivity index (χ0n) is 9.82. The average Bonchev–Trinajstić information content (AvgIpc) is 2.56. The van der Waals surface area contributed by atoms with Crippen LogP contribution in [0.5, 0.6) is 0 Å². The van der Waals surface area contributed by atoms with E-state index in [4.69, 9.17) is 5.11 Å². The predicted molar refractivity (Wildman–Crippen MR) is 57.0 cm³/mol. The highest BCUT2D eigenvalue weighted by Crippen LogP contribution is 2.31. The first kappa shape index (κ1) is 15.7. The molecule has 2 unspecified atom stereocenters. The van der Waals surface area contributed by atoms with Crippen LogP contribution in [0, 0.1) is 5.92 Å². The molecule has 19 heavy (non-hydrogen) atoms. The number of hydrogen-bond donors (Lipinski definition) is 2. The van der Waals surface area contributed by atoms with E-state index < -0.39 is 45.1 Å². The molecule has 10 heteroatoms. The largest absolute Gasteiger partial charge is 0.479 e. The Kier molecular flexibility index (Phi) is 3.86. The van der Waals surface area contributed by atoms with Crippen molar-refractivity contribution in [3.8, 4) is 0 Å². The minimum Gasteiger partial charge on any atom is -0.479 e. The second-order valence-corrected chi connectivity index (χ2v) is 6.75. The second kappa shape index (κ2) is 4.66. The summed E-state index contributed by atoms with van der Waals surface area (Å²) in [6, 6.07) is 0. The second-order valence-electron chi connectivity index (χ2n) is 4.52. The van der Waals surface area contributed by atoms with Gasteiger partial charge >= 0.3 is 12.1 Å². The van der Waals surface area contributed by atoms with E-state index >= 15 is 0 Å². The summed E-state index contributed by atoms with van der Waals surface area (Å²) in [5, 5.41) is 9.99. The first-order valence-electron chi connectivity index (χ1n) is 5.21. The lowest BCUT2D eigenvalue weighted by molar-refractivity contribution is -0.207. The number of nitrogens with one attached hydrogen (secondary N) is 1. The van der Waals surface area contributed by atoms with Crippen LogP contribution < -0.4 is 5.32 Å². The molecule has 1 aliphatic heterocycles. The van der Waals surface area contributed by atoms with Gasteiger partial charge in [-0.05, 0) is 13.3 Å². The van der Waals surface area contributed by atoms with Gasteiger partial charge in [-0.2, -0.15) is 13.2 Å². The third-order valence-electron chi connectivity index (χ3n) is 2.97. The van der Waals surface area contributed by atoms with Crippen LogP contribution in [0.25, 0.3) is 0 Å². The number of amides is 1. The van der Waals surface area contributed by atoms with Crippen molar-refractivity contribution in [1.29, 1.82) is 0 Å². The maximum atomic E-state index is 12.6. The molecule has 1 saturated heterocycles. The van der Waals surface area contributed by atoms with Gasteiger partial charge < -0.3 is 10.4 Å². The molecule has 1 aliphatic rings. The van der Waals surface area contributed by atoms with Crippen molar-refractivity contribution in [3.63, 3.8) is 0 Å². The average molecular weight is 303 g/mol. The molecule has 2 N–H and O–H groups in total. The molecule has 0 saturated carbocycles. The zero-order chi connectivity index (χ0) is 15.1. The molecule has 0 spiro atoms. The number of aliphatic carboxylic acids is 1. The predicted octanol–water partition coefficient (Wildman–Crippen LogP) is -0.0571. The first-order chi connectivity index (χ1) is 8.39. The molecular weight excluding hydrogens is 291 g/mol. The maximum absolute atomic E-state index is 12.6. The Labute approximate surface area is 106 Å². The lowest BCUT2D eigenvalue weighted by Crippen LogP contribution is -2.62. The summed E-state index contributed by atoms with van der Waals surface area (Å²) in [7, 11) is -3.44. The van der Waals surface area contributed by atoms with E-state index in [1.807, 2.05) is 0 Å². The van der Waals surface area contributed by atoms with Crippen LogP contribution in [-0.2, 0) is 19.4 Å². The molecule has 1 fully saturated rings. The van der Waals surface area contributed by atoms with E-state index in [1.54, 1.807) is 0 Å². The molecule has 1 amide bonds. The fourth-order valence-corrected chi connectivity index (χ4v) is 3.34. The molecule has 1 heterocycles. The summed E-state index contributed by atoms with van der Waals surface area (Å²) >= 11 is 0. The van der Waals surface area contributed by atoms with Crippen molar-refractivity contribution < 1.29 is 36.3 Å². The monoisotopic (exact) mass is 303 g/mol. The number of carbonyl (C=O) groups excluding carboxylic acids is 1. The molecule has 6 nitrogen and oxygen atoms in total. The standard InChI is InChI=1S/C9H12F3NO5S/c1-8(7(15)16,9(10,11)12)13-6(14)5-2-3-19(17,18)4-5/h5H,2-4H2,1H3,(H,13,14)(H,15,16). The van der Waals surface area contributed by atoms with E-state index in [1.165, 1.54) is 5.32 Å². The lowest BCUT2D eigenvalue weighted by atomic mass is 9.99. The van der Waals surface area contributed by atoms with E-state index in [9.17, 15) is 31.2 Å². The van der Waals surface area contributed by atoms with Crippen molar-refractivity contribution >= 4 is 21.7 Å². The van der Waals surface area contributed by atoms with Crippen molar-refractivity contribution in [2.24, 2.45) is 5.92 Å². The number of carbonyl (C=O) groups is 2. The number of rotatable bonds is 3. The Morgan fingerprint density at radius 1 is 1.32 bits per heavy atom. The van der Waals surface area contributed by atoms with Gasteiger partial charge in [-0.1, -0.05) is 0 Å². The van der Waals surface area contributed by atoms with Gasteiger partial charge in [0, 0.05) is 0 Å². The summed E-state index contributed by atoms with van der Waals surface area (Å²) in [4.78, 5) is 22.3. The molecule has 0 bridgehead atoms. The Balaban J connectivity index is 2.88. The van der Waals surface area contributed by atoms with Crippen LogP contribution in [0.3, 0.4) is 0 Å². The summed E-state index contributed by atoms with van der Waals surface area (Å²) in [6.07, 6.45) is -5.30. The molecule has 0 aromatic heterocycles. The van der Waals surface area contributed by atoms with Crippen molar-refractivity contribution in [1.82, 2.24) is 5.32 Å². The summed E-state index contributed by atoms with van der Waals surface area (Å²) in [5.74, 6) is -5.48. The summed E-state index contributed by atoms with van der Waals surface area (Å²) < 4.78 is 60.2. The third-order valence-corrected chi connectivity index (χ3v) is 4.74. The topological polar surface area (TPSA) is 101 Å². The number of hydrogen-bond acceptors (Lipinski definition) is 4.